The number of carbonyl (C=O) groups excluding carboxylic acids is 1. The quantitative estimate of drug-likeness (QED) is 0.838. The summed E-state index contributed by atoms with van der Waals surface area (Å²) in [6, 6.07) is 2.20. The summed E-state index contributed by atoms with van der Waals surface area (Å²) in [5, 5.41) is 16.9. The Hall–Kier alpha value is -1.36. The van der Waals surface area contributed by atoms with E-state index < -0.39 is 6.10 Å². The third-order valence-corrected chi connectivity index (χ3v) is 3.78. The molecule has 1 aliphatic rings. The van der Waals surface area contributed by atoms with Crippen molar-refractivity contribution >= 4 is 5.91 Å². The third kappa shape index (κ3) is 4.07. The SMILES string of the molecule is CC(C)CC(O)CNC(=O)c1ccn(C2CCCC2)n1. The van der Waals surface area contributed by atoms with E-state index >= 15 is 0 Å². The molecule has 1 saturated carbocycles. The van der Waals surface area contributed by atoms with Crippen LogP contribution in [0.25, 0.3) is 0 Å². The Bertz CT molecular complexity index is 436. The maximum absolute atomic E-state index is 12.0. The van der Waals surface area contributed by atoms with E-state index in [-0.39, 0.29) is 12.5 Å². The van der Waals surface area contributed by atoms with Crippen LogP contribution in [-0.2, 0) is 0 Å². The fraction of sp³-hybridized carbons (Fsp3) is 0.733. The zero-order chi connectivity index (χ0) is 14.5. The van der Waals surface area contributed by atoms with Gasteiger partial charge in [0.15, 0.2) is 0 Å². The van der Waals surface area contributed by atoms with Gasteiger partial charge >= 0.3 is 0 Å². The van der Waals surface area contributed by atoms with Gasteiger partial charge in [-0.15, -0.1) is 0 Å². The number of nitrogens with zero attached hydrogens (tertiary/aromatic N) is 2. The van der Waals surface area contributed by atoms with Crippen molar-refractivity contribution in [2.24, 2.45) is 5.92 Å². The number of hydrogen-bond acceptors (Lipinski definition) is 3. The van der Waals surface area contributed by atoms with Crippen LogP contribution in [0.5, 0.6) is 0 Å². The molecule has 0 radical (unpaired) electrons. The molecule has 5 heteroatoms. The second-order valence-electron chi connectivity index (χ2n) is 6.11. The highest BCUT2D eigenvalue weighted by atomic mass is 16.3. The van der Waals surface area contributed by atoms with Crippen molar-refractivity contribution in [1.29, 1.82) is 0 Å². The number of hydrogen-bond donors (Lipinski definition) is 2. The molecule has 20 heavy (non-hydrogen) atoms. The first-order valence-electron chi connectivity index (χ1n) is 7.57. The minimum atomic E-state index is -0.490. The molecule has 0 aliphatic heterocycles. The largest absolute Gasteiger partial charge is 0.391 e. The number of nitrogens with one attached hydrogen (secondary N) is 1. The van der Waals surface area contributed by atoms with E-state index in [1.54, 1.807) is 6.07 Å². The van der Waals surface area contributed by atoms with E-state index in [4.69, 9.17) is 0 Å². The molecule has 1 heterocycles. The Morgan fingerprint density at radius 1 is 1.50 bits per heavy atom. The summed E-state index contributed by atoms with van der Waals surface area (Å²) >= 11 is 0. The average molecular weight is 279 g/mol. The molecule has 2 rings (SSSR count). The Kier molecular flexibility index (Phi) is 5.17. The molecule has 1 amide bonds. The van der Waals surface area contributed by atoms with Gasteiger partial charge in [-0.05, 0) is 31.2 Å². The standard InChI is InChI=1S/C15H25N3O2/c1-11(2)9-13(19)10-16-15(20)14-7-8-18(17-14)12-5-3-4-6-12/h7-8,11-13,19H,3-6,9-10H2,1-2H3,(H,16,20). The molecule has 112 valence electrons. The predicted octanol–water partition coefficient (Wildman–Crippen LogP) is 2.13. The van der Waals surface area contributed by atoms with E-state index in [2.05, 4.69) is 10.4 Å². The molecule has 5 nitrogen and oxygen atoms in total. The first-order valence-corrected chi connectivity index (χ1v) is 7.57. The minimum Gasteiger partial charge on any atom is -0.391 e. The average Bonchev–Trinajstić information content (AvgIpc) is 3.04. The number of carbonyl (C=O) groups is 1. The number of aliphatic hydroxyl groups excluding tert-OH is 1. The zero-order valence-corrected chi connectivity index (χ0v) is 12.4. The minimum absolute atomic E-state index is 0.204. The summed E-state index contributed by atoms with van der Waals surface area (Å²) in [7, 11) is 0. The summed E-state index contributed by atoms with van der Waals surface area (Å²) in [4.78, 5) is 12.0. The molecule has 0 spiro atoms. The number of amides is 1. The van der Waals surface area contributed by atoms with Crippen LogP contribution in [0.3, 0.4) is 0 Å². The molecule has 2 N–H and O–H groups in total. The number of aromatic nitrogens is 2. The van der Waals surface area contributed by atoms with Crippen LogP contribution in [0.15, 0.2) is 12.3 Å². The smallest absolute Gasteiger partial charge is 0.271 e. The van der Waals surface area contributed by atoms with E-state index in [1.807, 2.05) is 24.7 Å². The van der Waals surface area contributed by atoms with Gasteiger partial charge < -0.3 is 10.4 Å². The molecule has 1 aliphatic carbocycles. The topological polar surface area (TPSA) is 67.2 Å². The highest BCUT2D eigenvalue weighted by Gasteiger charge is 2.19. The lowest BCUT2D eigenvalue weighted by molar-refractivity contribution is 0.0894. The summed E-state index contributed by atoms with van der Waals surface area (Å²) in [5.41, 5.74) is 0.439. The monoisotopic (exact) mass is 279 g/mol. The highest BCUT2D eigenvalue weighted by molar-refractivity contribution is 5.92. The van der Waals surface area contributed by atoms with Gasteiger partial charge in [0.1, 0.15) is 5.69 Å². The molecule has 1 unspecified atom stereocenters. The van der Waals surface area contributed by atoms with E-state index in [0.29, 0.717) is 24.1 Å². The second kappa shape index (κ2) is 6.88. The van der Waals surface area contributed by atoms with Crippen molar-refractivity contribution in [1.82, 2.24) is 15.1 Å². The van der Waals surface area contributed by atoms with Crippen molar-refractivity contribution in [3.8, 4) is 0 Å². The Balaban J connectivity index is 1.83. The molecule has 0 aromatic carbocycles. The van der Waals surface area contributed by atoms with Crippen LogP contribution >= 0.6 is 0 Å². The van der Waals surface area contributed by atoms with Crippen molar-refractivity contribution in [3.63, 3.8) is 0 Å². The van der Waals surface area contributed by atoms with Crippen molar-refractivity contribution < 1.29 is 9.90 Å². The van der Waals surface area contributed by atoms with Crippen molar-refractivity contribution in [2.45, 2.75) is 58.1 Å². The van der Waals surface area contributed by atoms with Gasteiger partial charge in [-0.1, -0.05) is 26.7 Å². The Morgan fingerprint density at radius 3 is 2.85 bits per heavy atom. The lowest BCUT2D eigenvalue weighted by atomic mass is 10.1. The summed E-state index contributed by atoms with van der Waals surface area (Å²) in [6.07, 6.45) is 6.87. The second-order valence-corrected chi connectivity index (χ2v) is 6.11. The lowest BCUT2D eigenvalue weighted by Gasteiger charge is -2.13. The molecule has 1 atom stereocenters. The highest BCUT2D eigenvalue weighted by Crippen LogP contribution is 2.28. The fourth-order valence-electron chi connectivity index (χ4n) is 2.76. The number of aliphatic hydroxyl groups is 1. The molecular formula is C15H25N3O2. The summed E-state index contributed by atoms with van der Waals surface area (Å²) in [5.74, 6) is 0.216. The normalized spacial score (nSPS) is 17.6. The third-order valence-electron chi connectivity index (χ3n) is 3.78. The van der Waals surface area contributed by atoms with Gasteiger partial charge in [-0.25, -0.2) is 0 Å². The maximum atomic E-state index is 12.0. The van der Waals surface area contributed by atoms with Gasteiger partial charge in [-0.3, -0.25) is 9.48 Å². The van der Waals surface area contributed by atoms with Crippen LogP contribution in [-0.4, -0.2) is 33.4 Å². The van der Waals surface area contributed by atoms with Crippen LogP contribution in [0.2, 0.25) is 0 Å². The molecule has 1 aromatic heterocycles. The summed E-state index contributed by atoms with van der Waals surface area (Å²) < 4.78 is 1.91. The van der Waals surface area contributed by atoms with Gasteiger partial charge in [0.05, 0.1) is 12.1 Å². The molecular weight excluding hydrogens is 254 g/mol. The van der Waals surface area contributed by atoms with Gasteiger partial charge in [-0.2, -0.15) is 5.10 Å². The molecule has 0 bridgehead atoms. The lowest BCUT2D eigenvalue weighted by Crippen LogP contribution is -2.33. The Morgan fingerprint density at radius 2 is 2.20 bits per heavy atom. The van der Waals surface area contributed by atoms with Crippen LogP contribution < -0.4 is 5.32 Å². The zero-order valence-electron chi connectivity index (χ0n) is 12.4. The van der Waals surface area contributed by atoms with Crippen LogP contribution in [0.4, 0.5) is 0 Å². The predicted molar refractivity (Wildman–Crippen MR) is 77.5 cm³/mol. The number of rotatable bonds is 6. The van der Waals surface area contributed by atoms with Gasteiger partial charge in [0, 0.05) is 12.7 Å². The van der Waals surface area contributed by atoms with Crippen LogP contribution in [0.1, 0.15) is 62.5 Å². The fourth-order valence-corrected chi connectivity index (χ4v) is 2.76. The molecule has 0 saturated heterocycles. The van der Waals surface area contributed by atoms with Gasteiger partial charge in [0.2, 0.25) is 0 Å². The molecule has 1 aromatic rings. The first kappa shape index (κ1) is 15.0. The maximum Gasteiger partial charge on any atom is 0.271 e. The first-order chi connectivity index (χ1) is 9.56. The van der Waals surface area contributed by atoms with Gasteiger partial charge in [0.25, 0.3) is 5.91 Å². The van der Waals surface area contributed by atoms with E-state index in [9.17, 15) is 9.90 Å². The summed E-state index contributed by atoms with van der Waals surface area (Å²) in [6.45, 7) is 4.38. The Labute approximate surface area is 120 Å². The molecule has 1 fully saturated rings. The van der Waals surface area contributed by atoms with E-state index in [1.165, 1.54) is 12.8 Å². The van der Waals surface area contributed by atoms with Crippen molar-refractivity contribution in [3.05, 3.63) is 18.0 Å². The van der Waals surface area contributed by atoms with Crippen LogP contribution in [0, 0.1) is 5.92 Å². The van der Waals surface area contributed by atoms with E-state index in [0.717, 1.165) is 12.8 Å². The van der Waals surface area contributed by atoms with Crippen molar-refractivity contribution in [2.75, 3.05) is 6.54 Å².